The maximum atomic E-state index is 13.0. The van der Waals surface area contributed by atoms with Crippen LogP contribution in [0.2, 0.25) is 0 Å². The van der Waals surface area contributed by atoms with E-state index in [1.54, 1.807) is 25.1 Å². The van der Waals surface area contributed by atoms with Gasteiger partial charge in [0.25, 0.3) is 0 Å². The summed E-state index contributed by atoms with van der Waals surface area (Å²) in [5.74, 6) is 0.692. The standard InChI is InChI=1S/C15H13F3N2O/c1-10(7-12-3-2-6-21-12)20-14-5-4-11(9-19)8-13(14)15(16,17)18/h2-6,8,10,20H,7H2,1H3. The van der Waals surface area contributed by atoms with Crippen molar-refractivity contribution in [1.29, 1.82) is 5.26 Å². The highest BCUT2D eigenvalue weighted by Gasteiger charge is 2.34. The lowest BCUT2D eigenvalue weighted by atomic mass is 10.1. The number of anilines is 1. The molecule has 1 aromatic carbocycles. The van der Waals surface area contributed by atoms with Gasteiger partial charge in [-0.05, 0) is 37.3 Å². The van der Waals surface area contributed by atoms with Gasteiger partial charge < -0.3 is 9.73 Å². The minimum atomic E-state index is -4.51. The molecule has 0 aliphatic heterocycles. The van der Waals surface area contributed by atoms with Crippen LogP contribution in [0.4, 0.5) is 18.9 Å². The average molecular weight is 294 g/mol. The second kappa shape index (κ2) is 5.92. The van der Waals surface area contributed by atoms with Crippen molar-refractivity contribution >= 4 is 5.69 Å². The highest BCUT2D eigenvalue weighted by Crippen LogP contribution is 2.35. The van der Waals surface area contributed by atoms with E-state index in [-0.39, 0.29) is 17.3 Å². The molecule has 0 saturated carbocycles. The van der Waals surface area contributed by atoms with Gasteiger partial charge in [0.05, 0.1) is 23.5 Å². The summed E-state index contributed by atoms with van der Waals surface area (Å²) in [6.45, 7) is 1.76. The topological polar surface area (TPSA) is 49.0 Å². The molecule has 3 nitrogen and oxygen atoms in total. The van der Waals surface area contributed by atoms with Gasteiger partial charge in [-0.2, -0.15) is 18.4 Å². The molecule has 2 aromatic rings. The lowest BCUT2D eigenvalue weighted by Crippen LogP contribution is -2.20. The zero-order valence-electron chi connectivity index (χ0n) is 11.2. The molecule has 0 amide bonds. The fraction of sp³-hybridized carbons (Fsp3) is 0.267. The molecule has 2 rings (SSSR count). The van der Waals surface area contributed by atoms with E-state index < -0.39 is 11.7 Å². The van der Waals surface area contributed by atoms with Gasteiger partial charge in [0.1, 0.15) is 5.76 Å². The summed E-state index contributed by atoms with van der Waals surface area (Å²) in [6, 6.07) is 8.45. The Balaban J connectivity index is 2.21. The lowest BCUT2D eigenvalue weighted by Gasteiger charge is -2.19. The summed E-state index contributed by atoms with van der Waals surface area (Å²) in [4.78, 5) is 0. The second-order valence-corrected chi connectivity index (χ2v) is 4.70. The largest absolute Gasteiger partial charge is 0.469 e. The molecule has 1 N–H and O–H groups in total. The predicted molar refractivity (Wildman–Crippen MR) is 71.7 cm³/mol. The lowest BCUT2D eigenvalue weighted by molar-refractivity contribution is -0.137. The van der Waals surface area contributed by atoms with Crippen molar-refractivity contribution in [3.63, 3.8) is 0 Å². The summed E-state index contributed by atoms with van der Waals surface area (Å²) in [5.41, 5.74) is -0.903. The van der Waals surface area contributed by atoms with Gasteiger partial charge in [0.15, 0.2) is 0 Å². The highest BCUT2D eigenvalue weighted by atomic mass is 19.4. The fourth-order valence-corrected chi connectivity index (χ4v) is 2.02. The van der Waals surface area contributed by atoms with E-state index in [9.17, 15) is 13.2 Å². The molecule has 6 heteroatoms. The molecule has 0 aliphatic rings. The van der Waals surface area contributed by atoms with Crippen molar-refractivity contribution in [2.75, 3.05) is 5.32 Å². The minimum absolute atomic E-state index is 0.0217. The maximum absolute atomic E-state index is 13.0. The molecule has 0 aliphatic carbocycles. The van der Waals surface area contributed by atoms with Crippen LogP contribution in [0.5, 0.6) is 0 Å². The van der Waals surface area contributed by atoms with Gasteiger partial charge in [0.2, 0.25) is 0 Å². The van der Waals surface area contributed by atoms with Crippen LogP contribution < -0.4 is 5.32 Å². The molecule has 0 fully saturated rings. The summed E-state index contributed by atoms with van der Waals surface area (Å²) < 4.78 is 44.2. The van der Waals surface area contributed by atoms with E-state index in [1.807, 2.05) is 0 Å². The number of furan rings is 1. The normalized spacial score (nSPS) is 12.7. The molecule has 110 valence electrons. The van der Waals surface area contributed by atoms with Crippen LogP contribution >= 0.6 is 0 Å². The van der Waals surface area contributed by atoms with Crippen LogP contribution in [-0.2, 0) is 12.6 Å². The molecule has 1 atom stereocenters. The third-order valence-corrected chi connectivity index (χ3v) is 2.94. The molecule has 0 saturated heterocycles. The predicted octanol–water partition coefficient (Wildman–Crippen LogP) is 4.21. The monoisotopic (exact) mass is 294 g/mol. The smallest absolute Gasteiger partial charge is 0.418 e. The molecule has 0 spiro atoms. The Bertz CT molecular complexity index is 642. The van der Waals surface area contributed by atoms with E-state index in [2.05, 4.69) is 5.32 Å². The molecule has 1 unspecified atom stereocenters. The Hall–Kier alpha value is -2.42. The number of halogens is 3. The van der Waals surface area contributed by atoms with Crippen LogP contribution in [0.25, 0.3) is 0 Å². The van der Waals surface area contributed by atoms with Gasteiger partial charge in [-0.3, -0.25) is 0 Å². The molecule has 0 bridgehead atoms. The van der Waals surface area contributed by atoms with Crippen molar-refractivity contribution in [2.24, 2.45) is 0 Å². The van der Waals surface area contributed by atoms with Crippen molar-refractivity contribution in [1.82, 2.24) is 0 Å². The molecule has 0 radical (unpaired) electrons. The Morgan fingerprint density at radius 1 is 1.33 bits per heavy atom. The zero-order valence-corrected chi connectivity index (χ0v) is 11.2. The Labute approximate surface area is 120 Å². The number of hydrogen-bond donors (Lipinski definition) is 1. The minimum Gasteiger partial charge on any atom is -0.469 e. The number of nitriles is 1. The van der Waals surface area contributed by atoms with E-state index in [4.69, 9.17) is 9.68 Å². The van der Waals surface area contributed by atoms with Gasteiger partial charge in [0, 0.05) is 18.2 Å². The first-order valence-electron chi connectivity index (χ1n) is 6.30. The molecular weight excluding hydrogens is 281 g/mol. The number of benzene rings is 1. The van der Waals surface area contributed by atoms with E-state index in [0.717, 1.165) is 6.07 Å². The maximum Gasteiger partial charge on any atom is 0.418 e. The van der Waals surface area contributed by atoms with E-state index in [0.29, 0.717) is 12.2 Å². The quantitative estimate of drug-likeness (QED) is 0.918. The molecule has 1 heterocycles. The Morgan fingerprint density at radius 2 is 2.10 bits per heavy atom. The highest BCUT2D eigenvalue weighted by molar-refractivity contribution is 5.56. The van der Waals surface area contributed by atoms with Crippen molar-refractivity contribution in [3.05, 3.63) is 53.5 Å². The number of alkyl halides is 3. The molecule has 21 heavy (non-hydrogen) atoms. The number of nitrogens with zero attached hydrogens (tertiary/aromatic N) is 1. The first-order valence-corrected chi connectivity index (χ1v) is 6.30. The molecule has 1 aromatic heterocycles. The van der Waals surface area contributed by atoms with Crippen LogP contribution in [0, 0.1) is 11.3 Å². The van der Waals surface area contributed by atoms with Gasteiger partial charge in [-0.1, -0.05) is 0 Å². The summed E-state index contributed by atoms with van der Waals surface area (Å²) in [7, 11) is 0. The second-order valence-electron chi connectivity index (χ2n) is 4.70. The van der Waals surface area contributed by atoms with Crippen LogP contribution in [-0.4, -0.2) is 6.04 Å². The average Bonchev–Trinajstić information content (AvgIpc) is 2.90. The molecular formula is C15H13F3N2O. The van der Waals surface area contributed by atoms with Crippen LogP contribution in [0.3, 0.4) is 0 Å². The van der Waals surface area contributed by atoms with Crippen LogP contribution in [0.1, 0.15) is 23.8 Å². The third kappa shape index (κ3) is 3.78. The zero-order chi connectivity index (χ0) is 15.5. The van der Waals surface area contributed by atoms with Crippen molar-refractivity contribution in [3.8, 4) is 6.07 Å². The van der Waals surface area contributed by atoms with Crippen molar-refractivity contribution < 1.29 is 17.6 Å². The van der Waals surface area contributed by atoms with Crippen molar-refractivity contribution in [2.45, 2.75) is 25.6 Å². The Morgan fingerprint density at radius 3 is 2.67 bits per heavy atom. The van der Waals surface area contributed by atoms with Gasteiger partial charge in [-0.15, -0.1) is 0 Å². The number of hydrogen-bond acceptors (Lipinski definition) is 3. The Kier molecular flexibility index (Phi) is 4.22. The summed E-state index contributed by atoms with van der Waals surface area (Å²) in [5, 5.41) is 11.5. The van der Waals surface area contributed by atoms with E-state index >= 15 is 0 Å². The SMILES string of the molecule is CC(Cc1ccco1)Nc1ccc(C#N)cc1C(F)(F)F. The third-order valence-electron chi connectivity index (χ3n) is 2.94. The first-order chi connectivity index (χ1) is 9.90. The van der Waals surface area contributed by atoms with Gasteiger partial charge >= 0.3 is 6.18 Å². The summed E-state index contributed by atoms with van der Waals surface area (Å²) in [6.07, 6.45) is -2.53. The van der Waals surface area contributed by atoms with Crippen LogP contribution in [0.15, 0.2) is 41.0 Å². The fourth-order valence-electron chi connectivity index (χ4n) is 2.02. The summed E-state index contributed by atoms with van der Waals surface area (Å²) >= 11 is 0. The van der Waals surface area contributed by atoms with Gasteiger partial charge in [-0.25, -0.2) is 0 Å². The van der Waals surface area contributed by atoms with E-state index in [1.165, 1.54) is 18.4 Å². The number of nitrogens with one attached hydrogen (secondary N) is 1. The first kappa shape index (κ1) is 15.0. The number of rotatable bonds is 4.